The second kappa shape index (κ2) is 11.4. The molecule has 4 rings (SSSR count). The molecule has 1 aliphatic rings. The molecule has 7 nitrogen and oxygen atoms in total. The minimum atomic E-state index is -1.73. The maximum absolute atomic E-state index is 13.5. The van der Waals surface area contributed by atoms with Crippen molar-refractivity contribution in [1.82, 2.24) is 0 Å². The number of non-ortho nitro benzene ring substituents is 1. The van der Waals surface area contributed by atoms with Crippen molar-refractivity contribution in [1.29, 1.82) is 0 Å². The smallest absolute Gasteiger partial charge is 0.421 e. The van der Waals surface area contributed by atoms with Crippen molar-refractivity contribution < 1.29 is 19.2 Å². The van der Waals surface area contributed by atoms with Crippen LogP contribution in [0.3, 0.4) is 0 Å². The summed E-state index contributed by atoms with van der Waals surface area (Å²) in [4.78, 5) is 25.6. The van der Waals surface area contributed by atoms with Gasteiger partial charge in [0.2, 0.25) is 0 Å². The molecular formula is C30H30N2O5Si. The fraction of sp³-hybridized carbons (Fsp3) is 0.233. The summed E-state index contributed by atoms with van der Waals surface area (Å²) >= 11 is 0. The highest BCUT2D eigenvalue weighted by molar-refractivity contribution is 6.83. The lowest BCUT2D eigenvalue weighted by Gasteiger charge is -2.34. The number of hydrogen-bond acceptors (Lipinski definition) is 5. The Morgan fingerprint density at radius 1 is 1.00 bits per heavy atom. The minimum absolute atomic E-state index is 0.0145. The van der Waals surface area contributed by atoms with Crippen LogP contribution in [-0.4, -0.2) is 31.7 Å². The molecule has 0 unspecified atom stereocenters. The Bertz CT molecular complexity index is 1400. The number of para-hydroxylation sites is 2. The number of nitro benzene ring substituents is 1. The van der Waals surface area contributed by atoms with Gasteiger partial charge in [0.25, 0.3) is 5.69 Å². The van der Waals surface area contributed by atoms with Crippen LogP contribution in [0.15, 0.2) is 84.9 Å². The minimum Gasteiger partial charge on any atom is -0.493 e. The van der Waals surface area contributed by atoms with Crippen LogP contribution in [0, 0.1) is 27.5 Å². The number of fused-ring (bicyclic) bond motifs is 1. The normalized spacial score (nSPS) is 15.3. The fourth-order valence-electron chi connectivity index (χ4n) is 4.06. The number of carbonyl (C=O) groups is 1. The second-order valence-corrected chi connectivity index (χ2v) is 14.9. The third-order valence-corrected chi connectivity index (χ3v) is 6.80. The van der Waals surface area contributed by atoms with E-state index in [0.29, 0.717) is 18.1 Å². The third-order valence-electron chi connectivity index (χ3n) is 5.91. The number of anilines is 1. The summed E-state index contributed by atoms with van der Waals surface area (Å²) < 4.78 is 11.7. The van der Waals surface area contributed by atoms with Crippen molar-refractivity contribution in [3.63, 3.8) is 0 Å². The predicted octanol–water partition coefficient (Wildman–Crippen LogP) is 6.96. The summed E-state index contributed by atoms with van der Waals surface area (Å²) in [6, 6.07) is 22.2. The first kappa shape index (κ1) is 26.7. The van der Waals surface area contributed by atoms with Crippen LogP contribution >= 0.6 is 0 Å². The van der Waals surface area contributed by atoms with Crippen molar-refractivity contribution in [3.8, 4) is 23.0 Å². The maximum Gasteiger partial charge on any atom is 0.421 e. The van der Waals surface area contributed by atoms with Gasteiger partial charge in [0.05, 0.1) is 17.2 Å². The number of ether oxygens (including phenoxy) is 2. The third kappa shape index (κ3) is 6.50. The molecule has 8 heteroatoms. The van der Waals surface area contributed by atoms with Crippen LogP contribution in [0.5, 0.6) is 11.5 Å². The Hall–Kier alpha value is -4.35. The number of rotatable bonds is 6. The summed E-state index contributed by atoms with van der Waals surface area (Å²) in [5, 5.41) is 10.9. The van der Waals surface area contributed by atoms with E-state index < -0.39 is 25.1 Å². The number of carbonyl (C=O) groups excluding carboxylic acids is 1. The summed E-state index contributed by atoms with van der Waals surface area (Å²) in [5.74, 6) is 4.32. The lowest BCUT2D eigenvalue weighted by atomic mass is 9.88. The van der Waals surface area contributed by atoms with E-state index in [2.05, 4.69) is 38.0 Å². The summed E-state index contributed by atoms with van der Waals surface area (Å²) in [7, 11) is -1.73. The summed E-state index contributed by atoms with van der Waals surface area (Å²) in [5.41, 5.74) is 6.07. The van der Waals surface area contributed by atoms with Gasteiger partial charge in [0.15, 0.2) is 0 Å². The van der Waals surface area contributed by atoms with Gasteiger partial charge in [-0.05, 0) is 42.0 Å². The van der Waals surface area contributed by atoms with Gasteiger partial charge in [-0.25, -0.2) is 4.79 Å². The first-order chi connectivity index (χ1) is 18.1. The van der Waals surface area contributed by atoms with Gasteiger partial charge >= 0.3 is 6.09 Å². The predicted molar refractivity (Wildman–Crippen MR) is 152 cm³/mol. The second-order valence-electron chi connectivity index (χ2n) is 10.1. The Morgan fingerprint density at radius 2 is 1.66 bits per heavy atom. The molecule has 0 radical (unpaired) electrons. The van der Waals surface area contributed by atoms with Crippen LogP contribution < -0.4 is 14.4 Å². The van der Waals surface area contributed by atoms with Gasteiger partial charge in [-0.15, -0.1) is 5.54 Å². The monoisotopic (exact) mass is 526 g/mol. The molecule has 3 aromatic carbocycles. The highest BCUT2D eigenvalue weighted by atomic mass is 28.3. The first-order valence-electron chi connectivity index (χ1n) is 12.4. The molecule has 0 aliphatic carbocycles. The summed E-state index contributed by atoms with van der Waals surface area (Å²) in [6.07, 6.45) is 1.52. The molecule has 2 atom stereocenters. The van der Waals surface area contributed by atoms with Gasteiger partial charge in [0.1, 0.15) is 25.6 Å². The van der Waals surface area contributed by atoms with E-state index in [9.17, 15) is 14.9 Å². The topological polar surface area (TPSA) is 81.9 Å². The van der Waals surface area contributed by atoms with Crippen LogP contribution in [0.1, 0.15) is 12.5 Å². The summed E-state index contributed by atoms with van der Waals surface area (Å²) in [6.45, 7) is 8.88. The van der Waals surface area contributed by atoms with Gasteiger partial charge in [-0.1, -0.05) is 68.9 Å². The Balaban J connectivity index is 1.65. The number of amides is 1. The van der Waals surface area contributed by atoms with Gasteiger partial charge in [-0.3, -0.25) is 15.0 Å². The Labute approximate surface area is 223 Å². The molecule has 0 N–H and O–H groups in total. The maximum atomic E-state index is 13.5. The SMILES string of the molecule is C[C@@H](COc1ccc([N+](=O)[O-])cc1)C1=C[C@@H](C#C[Si](C)(C)C)N(C(=O)Oc2ccccc2)c2ccccc21. The zero-order valence-electron chi connectivity index (χ0n) is 21.9. The molecule has 1 aliphatic heterocycles. The molecule has 0 spiro atoms. The molecule has 1 amide bonds. The Kier molecular flexibility index (Phi) is 7.98. The van der Waals surface area contributed by atoms with Crippen LogP contribution in [-0.2, 0) is 0 Å². The Morgan fingerprint density at radius 3 is 2.32 bits per heavy atom. The van der Waals surface area contributed by atoms with E-state index in [4.69, 9.17) is 9.47 Å². The number of hydrogen-bond donors (Lipinski definition) is 0. The highest BCUT2D eigenvalue weighted by Crippen LogP contribution is 2.38. The molecule has 0 bridgehead atoms. The molecule has 0 aromatic heterocycles. The lowest BCUT2D eigenvalue weighted by Crippen LogP contribution is -2.43. The van der Waals surface area contributed by atoms with Crippen LogP contribution in [0.25, 0.3) is 5.57 Å². The van der Waals surface area contributed by atoms with E-state index >= 15 is 0 Å². The number of nitrogens with zero attached hydrogens (tertiary/aromatic N) is 2. The van der Waals surface area contributed by atoms with Crippen molar-refractivity contribution in [2.24, 2.45) is 5.92 Å². The first-order valence-corrected chi connectivity index (χ1v) is 15.9. The van der Waals surface area contributed by atoms with Crippen LogP contribution in [0.4, 0.5) is 16.2 Å². The fourth-order valence-corrected chi connectivity index (χ4v) is 4.64. The quantitative estimate of drug-likeness (QED) is 0.150. The molecule has 3 aromatic rings. The van der Waals surface area contributed by atoms with Crippen LogP contribution in [0.2, 0.25) is 19.6 Å². The van der Waals surface area contributed by atoms with Gasteiger partial charge in [-0.2, -0.15) is 0 Å². The van der Waals surface area contributed by atoms with Gasteiger partial charge in [0, 0.05) is 23.6 Å². The average Bonchev–Trinajstić information content (AvgIpc) is 2.90. The average molecular weight is 527 g/mol. The van der Waals surface area contributed by atoms with Crippen molar-refractivity contribution in [2.75, 3.05) is 11.5 Å². The molecule has 1 heterocycles. The lowest BCUT2D eigenvalue weighted by molar-refractivity contribution is -0.384. The molecule has 0 saturated carbocycles. The van der Waals surface area contributed by atoms with E-state index in [0.717, 1.165) is 16.8 Å². The largest absolute Gasteiger partial charge is 0.493 e. The highest BCUT2D eigenvalue weighted by Gasteiger charge is 2.33. The van der Waals surface area contributed by atoms with Gasteiger partial charge < -0.3 is 9.47 Å². The van der Waals surface area contributed by atoms with Crippen molar-refractivity contribution in [3.05, 3.63) is 101 Å². The van der Waals surface area contributed by atoms with E-state index in [-0.39, 0.29) is 11.6 Å². The van der Waals surface area contributed by atoms with Crippen molar-refractivity contribution in [2.45, 2.75) is 32.6 Å². The molecular weight excluding hydrogens is 496 g/mol. The zero-order chi connectivity index (χ0) is 27.3. The molecule has 0 saturated heterocycles. The van der Waals surface area contributed by atoms with E-state index in [1.807, 2.05) is 48.5 Å². The number of nitro groups is 1. The van der Waals surface area contributed by atoms with E-state index in [1.54, 1.807) is 29.2 Å². The molecule has 38 heavy (non-hydrogen) atoms. The standard InChI is InChI=1S/C30H30N2O5Si/c1-22(21-36-25-16-14-23(15-17-25)32(34)35)28-20-24(18-19-38(2,3)4)31(29-13-9-8-12-27(28)29)30(33)37-26-10-6-5-7-11-26/h5-17,20,22,24H,21H2,1-4H3/t22-,24+/m0/s1. The van der Waals surface area contributed by atoms with Crippen molar-refractivity contribution >= 4 is 31.1 Å². The number of benzene rings is 3. The zero-order valence-corrected chi connectivity index (χ0v) is 22.9. The molecule has 0 fully saturated rings. The van der Waals surface area contributed by atoms with E-state index in [1.165, 1.54) is 12.1 Å². The molecule has 194 valence electrons.